The van der Waals surface area contributed by atoms with E-state index < -0.39 is 12.2 Å². The highest BCUT2D eigenvalue weighted by molar-refractivity contribution is 14.1. The van der Waals surface area contributed by atoms with Crippen molar-refractivity contribution in [2.75, 3.05) is 19.7 Å². The summed E-state index contributed by atoms with van der Waals surface area (Å²) in [6.45, 7) is 1.02. The van der Waals surface area contributed by atoms with Gasteiger partial charge >= 0.3 is 0 Å². The molecule has 1 aromatic rings. The number of ether oxygens (including phenoxy) is 1. The molecule has 5 aliphatic carbocycles. The molecule has 0 radical (unpaired) electrons. The van der Waals surface area contributed by atoms with Gasteiger partial charge in [-0.25, -0.2) is 0 Å². The third-order valence-corrected chi connectivity index (χ3v) is 9.14. The van der Waals surface area contributed by atoms with Crippen LogP contribution in [0.4, 0.5) is 0 Å². The van der Waals surface area contributed by atoms with Gasteiger partial charge in [0, 0.05) is 24.7 Å². The van der Waals surface area contributed by atoms with Gasteiger partial charge in [-0.05, 0) is 109 Å². The maximum Gasteiger partial charge on any atom is 0.247 e. The number of aliphatic hydroxyl groups excluding tert-OH is 2. The zero-order valence-electron chi connectivity index (χ0n) is 19.0. The van der Waals surface area contributed by atoms with Crippen LogP contribution < -0.4 is 15.4 Å². The first-order chi connectivity index (χ1) is 15.9. The van der Waals surface area contributed by atoms with Crippen molar-refractivity contribution in [2.24, 2.45) is 23.2 Å². The molecule has 180 valence electrons. The van der Waals surface area contributed by atoms with E-state index in [0.717, 1.165) is 27.9 Å². The number of rotatable bonds is 8. The van der Waals surface area contributed by atoms with Gasteiger partial charge in [-0.3, -0.25) is 4.79 Å². The summed E-state index contributed by atoms with van der Waals surface area (Å²) < 4.78 is 7.17. The van der Waals surface area contributed by atoms with Crippen molar-refractivity contribution in [3.8, 4) is 5.75 Å². The summed E-state index contributed by atoms with van der Waals surface area (Å²) in [5.74, 6) is 3.14. The van der Waals surface area contributed by atoms with E-state index in [4.69, 9.17) is 9.84 Å². The largest absolute Gasteiger partial charge is 0.482 e. The van der Waals surface area contributed by atoms with Crippen LogP contribution in [0.5, 0.6) is 5.75 Å². The highest BCUT2D eigenvalue weighted by Crippen LogP contribution is 2.59. The van der Waals surface area contributed by atoms with E-state index in [0.29, 0.717) is 23.2 Å². The van der Waals surface area contributed by atoms with Gasteiger partial charge in [-0.2, -0.15) is 0 Å². The molecule has 0 spiro atoms. The number of halogens is 1. The Kier molecular flexibility index (Phi) is 7.03. The molecule has 4 fully saturated rings. The van der Waals surface area contributed by atoms with Gasteiger partial charge in [0.15, 0.2) is 0 Å². The Labute approximate surface area is 209 Å². The molecule has 4 bridgehead atoms. The number of para-hydroxylation sites is 1. The third kappa shape index (κ3) is 5.11. The Morgan fingerprint density at radius 2 is 1.79 bits per heavy atom. The molecule has 5 aliphatic rings. The smallest absolute Gasteiger partial charge is 0.247 e. The van der Waals surface area contributed by atoms with Crippen LogP contribution in [0.25, 0.3) is 0 Å². The topological polar surface area (TPSA) is 90.8 Å². The van der Waals surface area contributed by atoms with E-state index >= 15 is 0 Å². The van der Waals surface area contributed by atoms with Crippen molar-refractivity contribution >= 4 is 28.5 Å². The Balaban J connectivity index is 1.31. The van der Waals surface area contributed by atoms with E-state index in [-0.39, 0.29) is 25.1 Å². The Morgan fingerprint density at radius 1 is 1.12 bits per heavy atom. The summed E-state index contributed by atoms with van der Waals surface area (Å²) in [7, 11) is 0. The predicted molar refractivity (Wildman–Crippen MR) is 135 cm³/mol. The van der Waals surface area contributed by atoms with Gasteiger partial charge in [0.25, 0.3) is 0 Å². The first-order valence-corrected chi connectivity index (χ1v) is 13.4. The zero-order chi connectivity index (χ0) is 23.0. The molecule has 3 unspecified atom stereocenters. The lowest BCUT2D eigenvalue weighted by molar-refractivity contribution is -0.118. The number of aliphatic hydroxyl groups is 2. The second-order valence-electron chi connectivity index (χ2n) is 10.8. The number of hydrogen-bond acceptors (Lipinski definition) is 5. The van der Waals surface area contributed by atoms with Crippen molar-refractivity contribution in [3.63, 3.8) is 0 Å². The van der Waals surface area contributed by atoms with Crippen LogP contribution in [0, 0.1) is 26.7 Å². The lowest BCUT2D eigenvalue weighted by atomic mass is 9.49. The van der Waals surface area contributed by atoms with E-state index in [9.17, 15) is 9.90 Å². The van der Waals surface area contributed by atoms with Crippen molar-refractivity contribution in [3.05, 3.63) is 39.5 Å². The van der Waals surface area contributed by atoms with Crippen LogP contribution in [-0.4, -0.2) is 54.1 Å². The van der Waals surface area contributed by atoms with Crippen LogP contribution in [0.15, 0.2) is 35.9 Å². The third-order valence-electron chi connectivity index (χ3n) is 8.25. The Morgan fingerprint density at radius 3 is 2.42 bits per heavy atom. The predicted octanol–water partition coefficient (Wildman–Crippen LogP) is 3.01. The molecular formula is C26H35IN2O4. The summed E-state index contributed by atoms with van der Waals surface area (Å²) in [5.41, 5.74) is 0.952. The summed E-state index contributed by atoms with van der Waals surface area (Å²) >= 11 is 2.22. The number of nitrogens with one attached hydrogen (secondary N) is 2. The van der Waals surface area contributed by atoms with E-state index in [1.165, 1.54) is 38.5 Å². The molecule has 6 nitrogen and oxygen atoms in total. The molecule has 6 rings (SSSR count). The fraction of sp³-hybridized carbons (Fsp3) is 0.654. The summed E-state index contributed by atoms with van der Waals surface area (Å²) in [6.07, 6.45) is 8.99. The molecule has 0 aromatic heterocycles. The van der Waals surface area contributed by atoms with E-state index in [1.54, 1.807) is 6.08 Å². The highest BCUT2D eigenvalue weighted by atomic mass is 127. The zero-order valence-corrected chi connectivity index (χ0v) is 21.2. The van der Waals surface area contributed by atoms with Gasteiger partial charge in [-0.1, -0.05) is 12.1 Å². The number of carbonyl (C=O) groups excluding carboxylic acids is 1. The minimum absolute atomic E-state index is 0.0997. The van der Waals surface area contributed by atoms with Crippen molar-refractivity contribution < 1.29 is 19.7 Å². The lowest BCUT2D eigenvalue weighted by Crippen LogP contribution is -2.56. The Hall–Kier alpha value is -1.16. The van der Waals surface area contributed by atoms with Gasteiger partial charge < -0.3 is 25.6 Å². The van der Waals surface area contributed by atoms with Crippen LogP contribution in [0.2, 0.25) is 0 Å². The lowest BCUT2D eigenvalue weighted by Gasteiger charge is -2.57. The molecule has 1 amide bonds. The van der Waals surface area contributed by atoms with E-state index in [1.807, 2.05) is 24.3 Å². The summed E-state index contributed by atoms with van der Waals surface area (Å²) in [4.78, 5) is 12.7. The van der Waals surface area contributed by atoms with Crippen LogP contribution >= 0.6 is 22.6 Å². The van der Waals surface area contributed by atoms with Crippen LogP contribution in [0.1, 0.15) is 44.9 Å². The van der Waals surface area contributed by atoms with Crippen LogP contribution in [0.3, 0.4) is 0 Å². The van der Waals surface area contributed by atoms with Gasteiger partial charge in [0.2, 0.25) is 5.91 Å². The summed E-state index contributed by atoms with van der Waals surface area (Å²) in [6, 6.07) is 7.47. The van der Waals surface area contributed by atoms with Crippen molar-refractivity contribution in [2.45, 2.75) is 63.2 Å². The number of carbonyl (C=O) groups is 1. The first kappa shape index (κ1) is 23.6. The Bertz CT molecular complexity index is 869. The molecule has 33 heavy (non-hydrogen) atoms. The quantitative estimate of drug-likeness (QED) is 0.364. The number of amides is 1. The normalized spacial score (nSPS) is 37.0. The molecule has 0 aliphatic heterocycles. The average Bonchev–Trinajstić information content (AvgIpc) is 2.78. The average molecular weight is 566 g/mol. The van der Waals surface area contributed by atoms with Crippen molar-refractivity contribution in [1.82, 2.24) is 10.6 Å². The molecule has 4 saturated carbocycles. The molecular weight excluding hydrogens is 531 g/mol. The standard InChI is InChI=1S/C26H35IN2O4/c27-20-3-1-2-4-22(20)33-23-11-19(25(32)28-5-6-30)10-21(24(23)31)29-15-26-12-16-7-17(13-26)9-18(8-16)14-26/h1-4,11,16-18,21,23-24,29-31H,5-10,12-15H2,(H,28,32). The number of hydrogen-bond donors (Lipinski definition) is 4. The fourth-order valence-corrected chi connectivity index (χ4v) is 7.76. The first-order valence-electron chi connectivity index (χ1n) is 12.4. The van der Waals surface area contributed by atoms with Gasteiger partial charge in [0.05, 0.1) is 10.2 Å². The van der Waals surface area contributed by atoms with Crippen molar-refractivity contribution in [1.29, 1.82) is 0 Å². The minimum Gasteiger partial charge on any atom is -0.482 e. The molecule has 1 aromatic carbocycles. The molecule has 0 heterocycles. The maximum atomic E-state index is 12.7. The SMILES string of the molecule is O=C(NCCO)C1=CC(Oc2ccccc2I)C(O)C(NCC23CC4CC(CC(C4)C2)C3)C1. The second kappa shape index (κ2) is 9.84. The monoisotopic (exact) mass is 566 g/mol. The van der Waals surface area contributed by atoms with Crippen LogP contribution in [-0.2, 0) is 4.79 Å². The summed E-state index contributed by atoms with van der Waals surface area (Å²) in [5, 5.41) is 26.8. The molecule has 7 heteroatoms. The van der Waals surface area contributed by atoms with Gasteiger partial charge in [0.1, 0.15) is 18.0 Å². The second-order valence-corrected chi connectivity index (χ2v) is 11.9. The molecule has 0 saturated heterocycles. The fourth-order valence-electron chi connectivity index (χ4n) is 7.24. The minimum atomic E-state index is -0.746. The van der Waals surface area contributed by atoms with E-state index in [2.05, 4.69) is 33.2 Å². The maximum absolute atomic E-state index is 12.7. The molecule has 4 N–H and O–H groups in total. The van der Waals surface area contributed by atoms with Gasteiger partial charge in [-0.15, -0.1) is 0 Å². The molecule has 3 atom stereocenters. The highest BCUT2D eigenvalue weighted by Gasteiger charge is 2.51. The number of benzene rings is 1.